The predicted molar refractivity (Wildman–Crippen MR) is 129 cm³/mol. The fraction of sp³-hybridized carbons (Fsp3) is 0.364. The summed E-state index contributed by atoms with van der Waals surface area (Å²) in [6.07, 6.45) is 0. The van der Waals surface area contributed by atoms with Gasteiger partial charge in [0.25, 0.3) is 0 Å². The van der Waals surface area contributed by atoms with Crippen molar-refractivity contribution >= 4 is 35.9 Å². The van der Waals surface area contributed by atoms with Gasteiger partial charge in [-0.2, -0.15) is 0 Å². The second-order valence-corrected chi connectivity index (χ2v) is 6.39. The molecule has 0 amide bonds. The lowest BCUT2D eigenvalue weighted by Crippen LogP contribution is -2.36. The second-order valence-electron chi connectivity index (χ2n) is 6.39. The monoisotopic (exact) mass is 527 g/mol. The highest BCUT2D eigenvalue weighted by atomic mass is 127. The number of hydrogen-bond acceptors (Lipinski definition) is 5. The summed E-state index contributed by atoms with van der Waals surface area (Å²) < 4.78 is 15.5. The van der Waals surface area contributed by atoms with Crippen LogP contribution in [0.2, 0.25) is 0 Å². The smallest absolute Gasteiger partial charge is 0.341 e. The number of aryl methyl sites for hydroxylation is 1. The molecule has 0 unspecified atom stereocenters. The van der Waals surface area contributed by atoms with Gasteiger partial charge in [-0.25, -0.2) is 9.79 Å². The molecule has 2 N–H and O–H groups in total. The molecule has 30 heavy (non-hydrogen) atoms. The molecule has 2 aromatic carbocycles. The van der Waals surface area contributed by atoms with Crippen LogP contribution >= 0.6 is 24.0 Å². The predicted octanol–water partition coefficient (Wildman–Crippen LogP) is 3.67. The Bertz CT molecular complexity index is 871. The molecule has 0 saturated carbocycles. The fourth-order valence-electron chi connectivity index (χ4n) is 2.80. The number of esters is 1. The van der Waals surface area contributed by atoms with Crippen molar-refractivity contribution in [3.05, 3.63) is 58.7 Å². The number of ether oxygens (including phenoxy) is 3. The zero-order valence-corrected chi connectivity index (χ0v) is 20.4. The van der Waals surface area contributed by atoms with E-state index in [2.05, 4.69) is 21.7 Å². The summed E-state index contributed by atoms with van der Waals surface area (Å²) in [5.41, 5.74) is 3.50. The first kappa shape index (κ1) is 25.5. The number of halogens is 1. The molecule has 0 aliphatic rings. The molecule has 0 saturated heterocycles. The quantitative estimate of drug-likeness (QED) is 0.236. The maximum absolute atomic E-state index is 11.8. The summed E-state index contributed by atoms with van der Waals surface area (Å²) in [5, 5.41) is 6.55. The van der Waals surface area contributed by atoms with Gasteiger partial charge < -0.3 is 24.8 Å². The molecule has 0 spiro atoms. The largest absolute Gasteiger partial charge is 0.496 e. The summed E-state index contributed by atoms with van der Waals surface area (Å²) in [4.78, 5) is 16.4. The average molecular weight is 527 g/mol. The molecule has 2 rings (SSSR count). The van der Waals surface area contributed by atoms with E-state index in [1.807, 2.05) is 32.0 Å². The van der Waals surface area contributed by atoms with Gasteiger partial charge >= 0.3 is 5.97 Å². The van der Waals surface area contributed by atoms with Crippen molar-refractivity contribution < 1.29 is 19.0 Å². The molecular formula is C22H30IN3O4. The standard InChI is InChI=1S/C22H29N3O4.HI/c1-6-23-22(25-14-17-9-7-15(2)11-19(17)27-3)24-13-16-8-10-18(21(26)29-5)20(12-16)28-4;/h7-12H,6,13-14H2,1-5H3,(H2,23,24,25);1H. The van der Waals surface area contributed by atoms with E-state index in [9.17, 15) is 4.79 Å². The normalized spacial score (nSPS) is 10.6. The van der Waals surface area contributed by atoms with Gasteiger partial charge in [-0.1, -0.05) is 18.2 Å². The van der Waals surface area contributed by atoms with Crippen molar-refractivity contribution in [3.63, 3.8) is 0 Å². The van der Waals surface area contributed by atoms with E-state index in [1.54, 1.807) is 19.2 Å². The number of carbonyl (C=O) groups excluding carboxylic acids is 1. The maximum atomic E-state index is 11.8. The molecule has 0 fully saturated rings. The van der Waals surface area contributed by atoms with Crippen LogP contribution in [0.4, 0.5) is 0 Å². The second kappa shape index (κ2) is 12.9. The Morgan fingerprint density at radius 1 is 1.00 bits per heavy atom. The van der Waals surface area contributed by atoms with E-state index >= 15 is 0 Å². The Morgan fingerprint density at radius 3 is 2.37 bits per heavy atom. The number of aliphatic imine (C=N–C) groups is 1. The summed E-state index contributed by atoms with van der Waals surface area (Å²) in [7, 11) is 4.54. The lowest BCUT2D eigenvalue weighted by atomic mass is 10.1. The Morgan fingerprint density at radius 2 is 1.73 bits per heavy atom. The van der Waals surface area contributed by atoms with Gasteiger partial charge in [-0.15, -0.1) is 24.0 Å². The van der Waals surface area contributed by atoms with Crippen LogP contribution in [0.25, 0.3) is 0 Å². The highest BCUT2D eigenvalue weighted by Gasteiger charge is 2.13. The van der Waals surface area contributed by atoms with Crippen LogP contribution in [0.5, 0.6) is 11.5 Å². The van der Waals surface area contributed by atoms with Crippen LogP contribution < -0.4 is 20.1 Å². The van der Waals surface area contributed by atoms with Crippen LogP contribution in [0.1, 0.15) is 34.0 Å². The SMILES string of the molecule is CCNC(=NCc1ccc(C(=O)OC)c(OC)c1)NCc1ccc(C)cc1OC.I. The highest BCUT2D eigenvalue weighted by molar-refractivity contribution is 14.0. The van der Waals surface area contributed by atoms with Gasteiger partial charge in [0.2, 0.25) is 0 Å². The van der Waals surface area contributed by atoms with Gasteiger partial charge in [0.1, 0.15) is 17.1 Å². The number of hydrogen-bond donors (Lipinski definition) is 2. The third kappa shape index (κ3) is 7.08. The Labute approximate surface area is 195 Å². The van der Waals surface area contributed by atoms with E-state index in [0.29, 0.717) is 30.4 Å². The van der Waals surface area contributed by atoms with Crippen LogP contribution in [0, 0.1) is 6.92 Å². The first-order chi connectivity index (χ1) is 14.0. The molecule has 7 nitrogen and oxygen atoms in total. The van der Waals surface area contributed by atoms with Crippen molar-refractivity contribution in [1.29, 1.82) is 0 Å². The van der Waals surface area contributed by atoms with Gasteiger partial charge in [-0.3, -0.25) is 0 Å². The molecule has 8 heteroatoms. The number of methoxy groups -OCH3 is 3. The molecule has 0 aliphatic heterocycles. The fourth-order valence-corrected chi connectivity index (χ4v) is 2.80. The maximum Gasteiger partial charge on any atom is 0.341 e. The van der Waals surface area contributed by atoms with Gasteiger partial charge in [0, 0.05) is 18.7 Å². The number of rotatable bonds is 8. The topological polar surface area (TPSA) is 81.2 Å². The van der Waals surface area contributed by atoms with E-state index in [1.165, 1.54) is 14.2 Å². The van der Waals surface area contributed by atoms with Crippen molar-refractivity contribution in [2.45, 2.75) is 26.9 Å². The van der Waals surface area contributed by atoms with Crippen LogP contribution in [-0.2, 0) is 17.8 Å². The van der Waals surface area contributed by atoms with Crippen molar-refractivity contribution in [1.82, 2.24) is 10.6 Å². The van der Waals surface area contributed by atoms with Crippen LogP contribution in [-0.4, -0.2) is 39.8 Å². The third-order valence-electron chi connectivity index (χ3n) is 4.32. The molecule has 164 valence electrons. The summed E-state index contributed by atoms with van der Waals surface area (Å²) in [6, 6.07) is 11.4. The van der Waals surface area contributed by atoms with E-state index in [4.69, 9.17) is 14.2 Å². The molecule has 2 aromatic rings. The first-order valence-electron chi connectivity index (χ1n) is 9.43. The van der Waals surface area contributed by atoms with Crippen molar-refractivity contribution in [3.8, 4) is 11.5 Å². The number of carbonyl (C=O) groups is 1. The molecule has 0 aromatic heterocycles. The number of guanidine groups is 1. The van der Waals surface area contributed by atoms with E-state index in [0.717, 1.165) is 29.0 Å². The Kier molecular flexibility index (Phi) is 11.0. The zero-order valence-electron chi connectivity index (χ0n) is 18.1. The van der Waals surface area contributed by atoms with Crippen LogP contribution in [0.3, 0.4) is 0 Å². The average Bonchev–Trinajstić information content (AvgIpc) is 2.75. The van der Waals surface area contributed by atoms with Crippen LogP contribution in [0.15, 0.2) is 41.4 Å². The summed E-state index contributed by atoms with van der Waals surface area (Å²) >= 11 is 0. The minimum Gasteiger partial charge on any atom is -0.496 e. The van der Waals surface area contributed by atoms with Crippen molar-refractivity contribution in [2.75, 3.05) is 27.9 Å². The lowest BCUT2D eigenvalue weighted by Gasteiger charge is -2.14. The molecule has 0 heterocycles. The molecule has 0 radical (unpaired) electrons. The minimum absolute atomic E-state index is 0. The molecule has 0 atom stereocenters. The lowest BCUT2D eigenvalue weighted by molar-refractivity contribution is 0.0597. The molecule has 0 bridgehead atoms. The van der Waals surface area contributed by atoms with Gasteiger partial charge in [0.15, 0.2) is 5.96 Å². The summed E-state index contributed by atoms with van der Waals surface area (Å²) in [5.74, 6) is 1.56. The minimum atomic E-state index is -0.432. The zero-order chi connectivity index (χ0) is 21.2. The number of nitrogens with zero attached hydrogens (tertiary/aromatic N) is 1. The summed E-state index contributed by atoms with van der Waals surface area (Å²) in [6.45, 7) is 5.79. The number of nitrogens with one attached hydrogen (secondary N) is 2. The van der Waals surface area contributed by atoms with Gasteiger partial charge in [0.05, 0.1) is 27.9 Å². The molecular weight excluding hydrogens is 497 g/mol. The molecule has 0 aliphatic carbocycles. The Hall–Kier alpha value is -2.49. The van der Waals surface area contributed by atoms with E-state index in [-0.39, 0.29) is 24.0 Å². The van der Waals surface area contributed by atoms with Gasteiger partial charge in [-0.05, 0) is 43.2 Å². The third-order valence-corrected chi connectivity index (χ3v) is 4.32. The Balaban J connectivity index is 0.00000450. The highest BCUT2D eigenvalue weighted by Crippen LogP contribution is 2.22. The first-order valence-corrected chi connectivity index (χ1v) is 9.43. The van der Waals surface area contributed by atoms with Crippen molar-refractivity contribution in [2.24, 2.45) is 4.99 Å². The number of benzene rings is 2. The van der Waals surface area contributed by atoms with E-state index < -0.39 is 5.97 Å².